The summed E-state index contributed by atoms with van der Waals surface area (Å²) in [6, 6.07) is 5.51. The molecule has 0 radical (unpaired) electrons. The van der Waals surface area contributed by atoms with Crippen molar-refractivity contribution >= 4 is 15.8 Å². The monoisotopic (exact) mass is 349 g/mol. The van der Waals surface area contributed by atoms with Crippen molar-refractivity contribution in [1.29, 1.82) is 0 Å². The van der Waals surface area contributed by atoms with E-state index in [2.05, 4.69) is 15.2 Å². The van der Waals surface area contributed by atoms with E-state index in [4.69, 9.17) is 0 Å². The van der Waals surface area contributed by atoms with Crippen LogP contribution in [0.5, 0.6) is 0 Å². The van der Waals surface area contributed by atoms with Gasteiger partial charge in [-0.25, -0.2) is 13.4 Å². The molecular weight excluding hydrogens is 326 g/mol. The summed E-state index contributed by atoms with van der Waals surface area (Å²) in [7, 11) is 0.247. The maximum Gasteiger partial charge on any atom is 0.247 e. The maximum absolute atomic E-state index is 13.2. The van der Waals surface area contributed by atoms with Crippen molar-refractivity contribution in [2.45, 2.75) is 37.6 Å². The molecular formula is C16H23N5O2S. The van der Waals surface area contributed by atoms with Gasteiger partial charge in [0.2, 0.25) is 10.0 Å². The number of pyridine rings is 1. The maximum atomic E-state index is 13.2. The number of nitrogens with one attached hydrogen (secondary N) is 1. The van der Waals surface area contributed by atoms with Crippen LogP contribution in [0.4, 0.5) is 5.82 Å². The normalized spacial score (nSPS) is 18.9. The Kier molecular flexibility index (Phi) is 4.35. The predicted octanol–water partition coefficient (Wildman–Crippen LogP) is 2.01. The number of nitrogens with zero attached hydrogens (tertiary/aromatic N) is 4. The lowest BCUT2D eigenvalue weighted by atomic mass is 10.1. The standard InChI is InChI=1S/C16H23N5O2S/c1-11-16(12(2)19-18-11)24(22,23)21-10-6-8-14(21)13-7-5-9-15(17-13)20(3)4/h5,7,9,14H,6,8,10H2,1-4H3,(H,18,19). The number of hydrogen-bond acceptors (Lipinski definition) is 5. The van der Waals surface area contributed by atoms with Crippen LogP contribution in [-0.4, -0.2) is 48.5 Å². The Balaban J connectivity index is 2.01. The third-order valence-corrected chi connectivity index (χ3v) is 6.56. The van der Waals surface area contributed by atoms with Crippen molar-refractivity contribution in [3.8, 4) is 0 Å². The molecule has 7 nitrogen and oxygen atoms in total. The molecule has 1 saturated heterocycles. The highest BCUT2D eigenvalue weighted by atomic mass is 32.2. The minimum Gasteiger partial charge on any atom is -0.363 e. The molecule has 3 heterocycles. The van der Waals surface area contributed by atoms with Crippen LogP contribution in [0.15, 0.2) is 23.1 Å². The summed E-state index contributed by atoms with van der Waals surface area (Å²) in [6.45, 7) is 3.96. The van der Waals surface area contributed by atoms with E-state index in [-0.39, 0.29) is 10.9 Å². The van der Waals surface area contributed by atoms with Gasteiger partial charge < -0.3 is 4.90 Å². The van der Waals surface area contributed by atoms with Crippen LogP contribution in [-0.2, 0) is 10.0 Å². The molecule has 0 amide bonds. The van der Waals surface area contributed by atoms with Crippen LogP contribution in [0, 0.1) is 13.8 Å². The summed E-state index contributed by atoms with van der Waals surface area (Å²) >= 11 is 0. The van der Waals surface area contributed by atoms with Crippen LogP contribution in [0.25, 0.3) is 0 Å². The van der Waals surface area contributed by atoms with Gasteiger partial charge in [-0.1, -0.05) is 6.07 Å². The van der Waals surface area contributed by atoms with Crippen molar-refractivity contribution in [2.75, 3.05) is 25.5 Å². The first-order chi connectivity index (χ1) is 11.3. The number of H-pyrrole nitrogens is 1. The first-order valence-corrected chi connectivity index (χ1v) is 9.44. The third-order valence-electron chi connectivity index (χ3n) is 4.39. The van der Waals surface area contributed by atoms with E-state index in [9.17, 15) is 8.42 Å². The zero-order valence-electron chi connectivity index (χ0n) is 14.4. The first-order valence-electron chi connectivity index (χ1n) is 8.00. The van der Waals surface area contributed by atoms with E-state index in [1.165, 1.54) is 0 Å². The van der Waals surface area contributed by atoms with Crippen molar-refractivity contribution in [1.82, 2.24) is 19.5 Å². The van der Waals surface area contributed by atoms with Gasteiger partial charge in [-0.2, -0.15) is 9.40 Å². The molecule has 1 aliphatic heterocycles. The fourth-order valence-corrected chi connectivity index (χ4v) is 5.24. The van der Waals surface area contributed by atoms with E-state index in [1.54, 1.807) is 18.2 Å². The molecule has 1 atom stereocenters. The van der Waals surface area contributed by atoms with E-state index >= 15 is 0 Å². The molecule has 0 aliphatic carbocycles. The average Bonchev–Trinajstić information content (AvgIpc) is 3.15. The van der Waals surface area contributed by atoms with Crippen LogP contribution in [0.2, 0.25) is 0 Å². The Morgan fingerprint density at radius 3 is 2.67 bits per heavy atom. The molecule has 0 spiro atoms. The second-order valence-corrected chi connectivity index (χ2v) is 8.18. The third kappa shape index (κ3) is 2.80. The van der Waals surface area contributed by atoms with E-state index in [1.807, 2.05) is 37.2 Å². The second kappa shape index (κ2) is 6.18. The summed E-state index contributed by atoms with van der Waals surface area (Å²) in [5, 5.41) is 6.80. The lowest BCUT2D eigenvalue weighted by Gasteiger charge is -2.24. The largest absolute Gasteiger partial charge is 0.363 e. The second-order valence-electron chi connectivity index (χ2n) is 6.35. The Hall–Kier alpha value is -1.93. The summed E-state index contributed by atoms with van der Waals surface area (Å²) in [4.78, 5) is 6.85. The Morgan fingerprint density at radius 2 is 2.04 bits per heavy atom. The quantitative estimate of drug-likeness (QED) is 0.913. The fourth-order valence-electron chi connectivity index (χ4n) is 3.24. The highest BCUT2D eigenvalue weighted by Crippen LogP contribution is 2.37. The molecule has 1 N–H and O–H groups in total. The van der Waals surface area contributed by atoms with Crippen molar-refractivity contribution in [2.24, 2.45) is 0 Å². The van der Waals surface area contributed by atoms with Crippen molar-refractivity contribution < 1.29 is 8.42 Å². The molecule has 0 saturated carbocycles. The molecule has 24 heavy (non-hydrogen) atoms. The van der Waals surface area contributed by atoms with E-state index in [0.717, 1.165) is 24.4 Å². The molecule has 2 aromatic heterocycles. The molecule has 0 aromatic carbocycles. The number of sulfonamides is 1. The summed E-state index contributed by atoms with van der Waals surface area (Å²) in [6.07, 6.45) is 1.60. The Morgan fingerprint density at radius 1 is 1.29 bits per heavy atom. The summed E-state index contributed by atoms with van der Waals surface area (Å²) in [5.74, 6) is 0.826. The van der Waals surface area contributed by atoms with Gasteiger partial charge in [-0.3, -0.25) is 5.10 Å². The first kappa shape index (κ1) is 16.9. The molecule has 8 heteroatoms. The molecule has 1 fully saturated rings. The lowest BCUT2D eigenvalue weighted by molar-refractivity contribution is 0.390. The number of rotatable bonds is 4. The Bertz CT molecular complexity index is 824. The van der Waals surface area contributed by atoms with Gasteiger partial charge in [0.25, 0.3) is 0 Å². The molecule has 0 bridgehead atoms. The van der Waals surface area contributed by atoms with Crippen LogP contribution >= 0.6 is 0 Å². The summed E-state index contributed by atoms with van der Waals surface area (Å²) in [5.41, 5.74) is 1.88. The number of aromatic amines is 1. The Labute approximate surface area is 142 Å². The number of aryl methyl sites for hydroxylation is 2. The zero-order valence-corrected chi connectivity index (χ0v) is 15.3. The molecule has 3 rings (SSSR count). The van der Waals surface area contributed by atoms with Gasteiger partial charge in [0.1, 0.15) is 10.7 Å². The fraction of sp³-hybridized carbons (Fsp3) is 0.500. The van der Waals surface area contributed by atoms with Crippen LogP contribution in [0.3, 0.4) is 0 Å². The van der Waals surface area contributed by atoms with Crippen LogP contribution in [0.1, 0.15) is 36.0 Å². The SMILES string of the molecule is Cc1n[nH]c(C)c1S(=O)(=O)N1CCCC1c1cccc(N(C)C)n1. The van der Waals surface area contributed by atoms with Gasteiger partial charge in [0.05, 0.1) is 23.1 Å². The van der Waals surface area contributed by atoms with Crippen molar-refractivity contribution in [3.05, 3.63) is 35.3 Å². The summed E-state index contributed by atoms with van der Waals surface area (Å²) < 4.78 is 27.9. The number of hydrogen-bond donors (Lipinski definition) is 1. The van der Waals surface area contributed by atoms with Gasteiger partial charge in [0, 0.05) is 20.6 Å². The zero-order chi connectivity index (χ0) is 17.5. The highest BCUT2D eigenvalue weighted by molar-refractivity contribution is 7.89. The highest BCUT2D eigenvalue weighted by Gasteiger charge is 2.39. The number of anilines is 1. The van der Waals surface area contributed by atoms with Gasteiger partial charge in [-0.15, -0.1) is 0 Å². The lowest BCUT2D eigenvalue weighted by Crippen LogP contribution is -2.32. The predicted molar refractivity (Wildman–Crippen MR) is 92.5 cm³/mol. The molecule has 130 valence electrons. The van der Waals surface area contributed by atoms with E-state index in [0.29, 0.717) is 17.9 Å². The molecule has 2 aromatic rings. The molecule has 1 aliphatic rings. The smallest absolute Gasteiger partial charge is 0.247 e. The molecule has 1 unspecified atom stereocenters. The van der Waals surface area contributed by atoms with Crippen LogP contribution < -0.4 is 4.90 Å². The van der Waals surface area contributed by atoms with Gasteiger partial charge in [-0.05, 0) is 38.8 Å². The van der Waals surface area contributed by atoms with Gasteiger partial charge in [0.15, 0.2) is 0 Å². The average molecular weight is 349 g/mol. The topological polar surface area (TPSA) is 82.2 Å². The van der Waals surface area contributed by atoms with E-state index < -0.39 is 10.0 Å². The van der Waals surface area contributed by atoms with Gasteiger partial charge >= 0.3 is 0 Å². The minimum absolute atomic E-state index is 0.233. The minimum atomic E-state index is -3.60. The number of aromatic nitrogens is 3. The van der Waals surface area contributed by atoms with Crippen molar-refractivity contribution in [3.63, 3.8) is 0 Å².